The van der Waals surface area contributed by atoms with Crippen molar-refractivity contribution in [1.82, 2.24) is 4.90 Å². The Morgan fingerprint density at radius 3 is 2.89 bits per heavy atom. The molecule has 1 saturated heterocycles. The molecule has 2 aliphatic carbocycles. The summed E-state index contributed by atoms with van der Waals surface area (Å²) in [5.41, 5.74) is 0. The molecule has 1 saturated carbocycles. The molecule has 98 valence electrons. The van der Waals surface area contributed by atoms with Crippen LogP contribution in [0.5, 0.6) is 0 Å². The van der Waals surface area contributed by atoms with Gasteiger partial charge in [0.1, 0.15) is 0 Å². The van der Waals surface area contributed by atoms with E-state index >= 15 is 0 Å². The highest BCUT2D eigenvalue weighted by Crippen LogP contribution is 2.44. The smallest absolute Gasteiger partial charge is 0.310 e. The van der Waals surface area contributed by atoms with E-state index in [1.807, 2.05) is 4.90 Å². The Kier molecular flexibility index (Phi) is 2.88. The maximum atomic E-state index is 11.9. The van der Waals surface area contributed by atoms with Crippen molar-refractivity contribution in [1.29, 1.82) is 0 Å². The molecule has 1 amide bonds. The van der Waals surface area contributed by atoms with Crippen molar-refractivity contribution in [2.24, 2.45) is 23.7 Å². The number of amides is 1. The molecule has 4 atom stereocenters. The van der Waals surface area contributed by atoms with Crippen LogP contribution in [-0.4, -0.2) is 37.0 Å². The van der Waals surface area contributed by atoms with Crippen LogP contribution in [0.2, 0.25) is 0 Å². The number of methoxy groups -OCH3 is 1. The third-order valence-corrected chi connectivity index (χ3v) is 4.62. The van der Waals surface area contributed by atoms with Crippen LogP contribution in [0.15, 0.2) is 12.2 Å². The third kappa shape index (κ3) is 1.93. The number of rotatable bonds is 3. The van der Waals surface area contributed by atoms with Gasteiger partial charge in [-0.2, -0.15) is 0 Å². The maximum absolute atomic E-state index is 11.9. The molecule has 1 aliphatic heterocycles. The van der Waals surface area contributed by atoms with E-state index in [0.29, 0.717) is 24.8 Å². The van der Waals surface area contributed by atoms with E-state index < -0.39 is 0 Å². The van der Waals surface area contributed by atoms with Gasteiger partial charge in [0, 0.05) is 19.5 Å². The van der Waals surface area contributed by atoms with Crippen LogP contribution in [0.3, 0.4) is 0 Å². The van der Waals surface area contributed by atoms with Crippen LogP contribution in [0.25, 0.3) is 0 Å². The van der Waals surface area contributed by atoms with Gasteiger partial charge in [-0.05, 0) is 30.6 Å². The van der Waals surface area contributed by atoms with Gasteiger partial charge in [0.2, 0.25) is 5.91 Å². The number of likely N-dealkylation sites (tertiary alicyclic amines) is 1. The molecule has 18 heavy (non-hydrogen) atoms. The van der Waals surface area contributed by atoms with Gasteiger partial charge >= 0.3 is 5.97 Å². The summed E-state index contributed by atoms with van der Waals surface area (Å²) >= 11 is 0. The molecular formula is C14H19NO3. The first-order valence-corrected chi connectivity index (χ1v) is 6.71. The molecule has 4 nitrogen and oxygen atoms in total. The molecule has 3 aliphatic rings. The largest absolute Gasteiger partial charge is 0.469 e. The highest BCUT2D eigenvalue weighted by atomic mass is 16.5. The zero-order valence-electron chi connectivity index (χ0n) is 10.7. The number of fused-ring (bicyclic) bond motifs is 2. The number of ether oxygens (including phenoxy) is 1. The normalized spacial score (nSPS) is 37.6. The minimum Gasteiger partial charge on any atom is -0.469 e. The number of carbonyl (C=O) groups is 2. The Morgan fingerprint density at radius 2 is 2.28 bits per heavy atom. The van der Waals surface area contributed by atoms with Gasteiger partial charge in [0.05, 0.1) is 13.0 Å². The molecule has 0 spiro atoms. The fraction of sp³-hybridized carbons (Fsp3) is 0.714. The van der Waals surface area contributed by atoms with Gasteiger partial charge in [0.25, 0.3) is 0 Å². The van der Waals surface area contributed by atoms with Gasteiger partial charge in [-0.1, -0.05) is 12.2 Å². The van der Waals surface area contributed by atoms with Crippen molar-refractivity contribution in [3.8, 4) is 0 Å². The van der Waals surface area contributed by atoms with Gasteiger partial charge in [0.15, 0.2) is 0 Å². The lowest BCUT2D eigenvalue weighted by Gasteiger charge is -2.25. The monoisotopic (exact) mass is 249 g/mol. The summed E-state index contributed by atoms with van der Waals surface area (Å²) in [6, 6.07) is 0. The highest BCUT2D eigenvalue weighted by Gasteiger charge is 2.40. The predicted octanol–water partition coefficient (Wildman–Crippen LogP) is 1.22. The number of hydrogen-bond donors (Lipinski definition) is 0. The van der Waals surface area contributed by atoms with E-state index in [2.05, 4.69) is 12.2 Å². The molecule has 0 radical (unpaired) electrons. The SMILES string of the molecule is COC(=O)C1CC(=O)N(CC2CC3C=CC2C3)C1. The van der Waals surface area contributed by atoms with Crippen LogP contribution in [-0.2, 0) is 14.3 Å². The van der Waals surface area contributed by atoms with Crippen molar-refractivity contribution in [3.63, 3.8) is 0 Å². The van der Waals surface area contributed by atoms with Gasteiger partial charge in [-0.3, -0.25) is 9.59 Å². The topological polar surface area (TPSA) is 46.6 Å². The number of esters is 1. The first-order valence-electron chi connectivity index (χ1n) is 6.71. The van der Waals surface area contributed by atoms with E-state index in [1.165, 1.54) is 20.0 Å². The van der Waals surface area contributed by atoms with E-state index in [-0.39, 0.29) is 17.8 Å². The predicted molar refractivity (Wildman–Crippen MR) is 65.5 cm³/mol. The van der Waals surface area contributed by atoms with Crippen molar-refractivity contribution < 1.29 is 14.3 Å². The van der Waals surface area contributed by atoms with Crippen molar-refractivity contribution in [3.05, 3.63) is 12.2 Å². The summed E-state index contributed by atoms with van der Waals surface area (Å²) in [6.45, 7) is 1.36. The number of nitrogens with zero attached hydrogens (tertiary/aromatic N) is 1. The average Bonchev–Trinajstić information content (AvgIpc) is 3.05. The second-order valence-electron chi connectivity index (χ2n) is 5.76. The molecule has 0 aromatic rings. The van der Waals surface area contributed by atoms with Gasteiger partial charge in [-0.15, -0.1) is 0 Å². The van der Waals surface area contributed by atoms with Crippen LogP contribution in [0.4, 0.5) is 0 Å². The third-order valence-electron chi connectivity index (χ3n) is 4.62. The van der Waals surface area contributed by atoms with Gasteiger partial charge in [-0.25, -0.2) is 0 Å². The maximum Gasteiger partial charge on any atom is 0.310 e. The summed E-state index contributed by atoms with van der Waals surface area (Å²) in [4.78, 5) is 25.2. The fourth-order valence-corrected chi connectivity index (χ4v) is 3.66. The van der Waals surface area contributed by atoms with Crippen LogP contribution in [0.1, 0.15) is 19.3 Å². The number of allylic oxidation sites excluding steroid dienone is 2. The lowest BCUT2D eigenvalue weighted by atomic mass is 9.93. The van der Waals surface area contributed by atoms with Crippen molar-refractivity contribution in [2.75, 3.05) is 20.2 Å². The Labute approximate surface area is 107 Å². The first-order chi connectivity index (χ1) is 8.67. The van der Waals surface area contributed by atoms with E-state index in [4.69, 9.17) is 4.74 Å². The minimum atomic E-state index is -0.253. The summed E-state index contributed by atoms with van der Waals surface area (Å²) in [5, 5.41) is 0. The lowest BCUT2D eigenvalue weighted by Crippen LogP contribution is -2.33. The lowest BCUT2D eigenvalue weighted by molar-refractivity contribution is -0.145. The second-order valence-corrected chi connectivity index (χ2v) is 5.76. The zero-order valence-corrected chi connectivity index (χ0v) is 10.7. The van der Waals surface area contributed by atoms with E-state index in [1.54, 1.807) is 0 Å². The molecule has 0 aromatic carbocycles. The summed E-state index contributed by atoms with van der Waals surface area (Å²) in [7, 11) is 1.39. The minimum absolute atomic E-state index is 0.108. The molecule has 0 aromatic heterocycles. The van der Waals surface area contributed by atoms with E-state index in [9.17, 15) is 9.59 Å². The molecule has 4 unspecified atom stereocenters. The Balaban J connectivity index is 1.59. The molecular weight excluding hydrogens is 230 g/mol. The zero-order chi connectivity index (χ0) is 12.7. The summed E-state index contributed by atoms with van der Waals surface area (Å²) in [6.07, 6.45) is 7.39. The highest BCUT2D eigenvalue weighted by molar-refractivity contribution is 5.86. The van der Waals surface area contributed by atoms with Crippen LogP contribution in [0, 0.1) is 23.7 Å². The Hall–Kier alpha value is -1.32. The molecule has 1 heterocycles. The number of hydrogen-bond acceptors (Lipinski definition) is 3. The average molecular weight is 249 g/mol. The summed E-state index contributed by atoms with van der Waals surface area (Å²) in [5.74, 6) is 1.59. The quantitative estimate of drug-likeness (QED) is 0.558. The molecule has 0 N–H and O–H groups in total. The summed E-state index contributed by atoms with van der Waals surface area (Å²) < 4.78 is 4.72. The standard InChI is InChI=1S/C14H19NO3/c1-18-14(17)12-6-13(16)15(8-12)7-11-5-9-2-3-10(11)4-9/h2-3,9-12H,4-8H2,1H3. The second kappa shape index (κ2) is 4.41. The molecule has 4 heteroatoms. The Bertz CT molecular complexity index is 404. The molecule has 2 bridgehead atoms. The Morgan fingerprint density at radius 1 is 1.44 bits per heavy atom. The van der Waals surface area contributed by atoms with Crippen LogP contribution < -0.4 is 0 Å². The molecule has 2 fully saturated rings. The van der Waals surface area contributed by atoms with Crippen molar-refractivity contribution in [2.45, 2.75) is 19.3 Å². The van der Waals surface area contributed by atoms with Crippen LogP contribution >= 0.6 is 0 Å². The molecule has 3 rings (SSSR count). The van der Waals surface area contributed by atoms with E-state index in [0.717, 1.165) is 12.5 Å². The first kappa shape index (κ1) is 11.8. The van der Waals surface area contributed by atoms with Gasteiger partial charge < -0.3 is 9.64 Å². The fourth-order valence-electron chi connectivity index (χ4n) is 3.66. The van der Waals surface area contributed by atoms with Crippen molar-refractivity contribution >= 4 is 11.9 Å². The number of carbonyl (C=O) groups excluding carboxylic acids is 2.